The van der Waals surface area contributed by atoms with Crippen LogP contribution in [0.1, 0.15) is 0 Å². The monoisotopic (exact) mass is 140 g/mol. The maximum atomic E-state index is 9.48. The summed E-state index contributed by atoms with van der Waals surface area (Å²) in [6.45, 7) is 0. The van der Waals surface area contributed by atoms with Gasteiger partial charge in [-0.1, -0.05) is 0 Å². The van der Waals surface area contributed by atoms with Gasteiger partial charge in [0.2, 0.25) is 0 Å². The molecule has 1 aliphatic rings. The SMILES string of the molecule is O=[Se]1(=O)N=N1. The molecule has 0 fully saturated rings. The van der Waals surface area contributed by atoms with E-state index in [1.54, 1.807) is 0 Å². The molecule has 28 valence electrons. The molecule has 0 N–H and O–H groups in total. The first-order valence-electron chi connectivity index (χ1n) is 0.898. The fourth-order valence-electron chi connectivity index (χ4n) is 0.0272. The molecule has 0 spiro atoms. The van der Waals surface area contributed by atoms with Crippen LogP contribution in [0.5, 0.6) is 0 Å². The van der Waals surface area contributed by atoms with E-state index < -0.39 is 13.1 Å². The molecule has 0 saturated carbocycles. The van der Waals surface area contributed by atoms with Gasteiger partial charge in [-0.3, -0.25) is 0 Å². The van der Waals surface area contributed by atoms with Crippen molar-refractivity contribution in [2.45, 2.75) is 0 Å². The second-order valence-electron chi connectivity index (χ2n) is 0.611. The quantitative estimate of drug-likeness (QED) is 0.434. The maximum absolute atomic E-state index is 9.48. The Hall–Kier alpha value is -0.281. The Morgan fingerprint density at radius 2 is 1.40 bits per heavy atom. The molecule has 4 nitrogen and oxygen atoms in total. The van der Waals surface area contributed by atoms with Gasteiger partial charge in [-0.2, -0.15) is 0 Å². The molecular formula is N2O2Se. The van der Waals surface area contributed by atoms with Crippen molar-refractivity contribution in [3.05, 3.63) is 0 Å². The predicted molar refractivity (Wildman–Crippen MR) is 12.0 cm³/mol. The topological polar surface area (TPSA) is 58.9 Å². The summed E-state index contributed by atoms with van der Waals surface area (Å²) in [6, 6.07) is 0. The van der Waals surface area contributed by atoms with Crippen molar-refractivity contribution in [1.29, 1.82) is 0 Å². The standard InChI is InChI=1S/N2O2Se/c3-5(4)1-2-5. The minimum atomic E-state index is -3.75. The van der Waals surface area contributed by atoms with Crippen LogP contribution in [0.25, 0.3) is 0 Å². The molecule has 0 aromatic rings. The van der Waals surface area contributed by atoms with E-state index in [1.165, 1.54) is 0 Å². The van der Waals surface area contributed by atoms with Crippen LogP contribution in [0.4, 0.5) is 0 Å². The van der Waals surface area contributed by atoms with Gasteiger partial charge in [0, 0.05) is 0 Å². The molecule has 0 saturated heterocycles. The molecule has 0 aromatic heterocycles. The van der Waals surface area contributed by atoms with Gasteiger partial charge in [0.1, 0.15) is 0 Å². The van der Waals surface area contributed by atoms with Gasteiger partial charge in [0.05, 0.1) is 0 Å². The Morgan fingerprint density at radius 3 is 1.40 bits per heavy atom. The van der Waals surface area contributed by atoms with E-state index in [0.29, 0.717) is 0 Å². The Balaban J connectivity index is 3.28. The van der Waals surface area contributed by atoms with Gasteiger partial charge in [-0.05, 0) is 0 Å². The second-order valence-corrected chi connectivity index (χ2v) is 3.18. The molecule has 5 heavy (non-hydrogen) atoms. The van der Waals surface area contributed by atoms with Gasteiger partial charge < -0.3 is 0 Å². The summed E-state index contributed by atoms with van der Waals surface area (Å²) in [4.78, 5) is 0. The molecule has 1 heterocycles. The molecule has 0 bridgehead atoms. The first-order valence-corrected chi connectivity index (χ1v) is 3.83. The Bertz CT molecular complexity index is 122. The van der Waals surface area contributed by atoms with E-state index in [9.17, 15) is 7.67 Å². The van der Waals surface area contributed by atoms with Crippen molar-refractivity contribution in [1.82, 2.24) is 0 Å². The van der Waals surface area contributed by atoms with Crippen molar-refractivity contribution >= 4 is 13.1 Å². The van der Waals surface area contributed by atoms with Crippen LogP contribution in [-0.2, 0) is 7.67 Å². The summed E-state index contributed by atoms with van der Waals surface area (Å²) in [7, 11) is 0. The van der Waals surface area contributed by atoms with E-state index >= 15 is 0 Å². The zero-order valence-corrected chi connectivity index (χ0v) is 3.83. The van der Waals surface area contributed by atoms with Crippen LogP contribution in [-0.4, -0.2) is 13.1 Å². The summed E-state index contributed by atoms with van der Waals surface area (Å²) in [6.07, 6.45) is 0. The number of nitrogens with zero attached hydrogens (tertiary/aromatic N) is 2. The molecule has 1 rings (SSSR count). The molecule has 0 atom stereocenters. The van der Waals surface area contributed by atoms with Gasteiger partial charge in [-0.25, -0.2) is 0 Å². The molecular weight excluding hydrogens is 139 g/mol. The number of hydrogen-bond donors (Lipinski definition) is 0. The molecule has 0 radical (unpaired) electrons. The van der Waals surface area contributed by atoms with E-state index in [1.807, 2.05) is 0 Å². The Kier molecular flexibility index (Phi) is 0.271. The molecule has 0 unspecified atom stereocenters. The van der Waals surface area contributed by atoms with Gasteiger partial charge in [0.15, 0.2) is 0 Å². The van der Waals surface area contributed by atoms with E-state index in [2.05, 4.69) is 8.26 Å². The van der Waals surface area contributed by atoms with Crippen LogP contribution >= 0.6 is 0 Å². The predicted octanol–water partition coefficient (Wildman–Crippen LogP) is -0.251. The first-order chi connectivity index (χ1) is 2.21. The first kappa shape index (κ1) is 2.93. The zero-order valence-electron chi connectivity index (χ0n) is 2.12. The zero-order chi connectivity index (χ0) is 3.91. The average Bonchev–Trinajstić information content (AvgIpc) is 1.76. The third-order valence-electron chi connectivity index (χ3n) is 0.215. The van der Waals surface area contributed by atoms with Crippen molar-refractivity contribution in [2.24, 2.45) is 8.26 Å². The summed E-state index contributed by atoms with van der Waals surface area (Å²) in [5, 5.41) is 0. The van der Waals surface area contributed by atoms with E-state index in [4.69, 9.17) is 0 Å². The van der Waals surface area contributed by atoms with Crippen LogP contribution in [0.15, 0.2) is 8.26 Å². The van der Waals surface area contributed by atoms with Gasteiger partial charge in [-0.15, -0.1) is 0 Å². The Labute approximate surface area is 30.0 Å². The molecule has 5 heteroatoms. The average molecular weight is 139 g/mol. The molecule has 0 aliphatic carbocycles. The fourth-order valence-corrected chi connectivity index (χ4v) is 0.735. The van der Waals surface area contributed by atoms with E-state index in [0.717, 1.165) is 0 Å². The summed E-state index contributed by atoms with van der Waals surface area (Å²) < 4.78 is 24.4. The van der Waals surface area contributed by atoms with Gasteiger partial charge >= 0.3 is 29.1 Å². The summed E-state index contributed by atoms with van der Waals surface area (Å²) in [5.41, 5.74) is 0. The van der Waals surface area contributed by atoms with Crippen LogP contribution in [0, 0.1) is 0 Å². The van der Waals surface area contributed by atoms with Crippen LogP contribution in [0.2, 0.25) is 0 Å². The molecule has 0 amide bonds. The van der Waals surface area contributed by atoms with Crippen molar-refractivity contribution in [3.8, 4) is 0 Å². The van der Waals surface area contributed by atoms with Crippen molar-refractivity contribution < 1.29 is 7.67 Å². The van der Waals surface area contributed by atoms with Crippen LogP contribution < -0.4 is 0 Å². The van der Waals surface area contributed by atoms with Crippen molar-refractivity contribution in [2.75, 3.05) is 0 Å². The van der Waals surface area contributed by atoms with Gasteiger partial charge in [0.25, 0.3) is 0 Å². The Morgan fingerprint density at radius 1 is 1.20 bits per heavy atom. The van der Waals surface area contributed by atoms with Crippen LogP contribution in [0.3, 0.4) is 0 Å². The summed E-state index contributed by atoms with van der Waals surface area (Å²) in [5.74, 6) is 0. The number of rotatable bonds is 0. The molecule has 1 aliphatic heterocycles. The normalized spacial score (nSPS) is 26.4. The second kappa shape index (κ2) is 0.462. The van der Waals surface area contributed by atoms with E-state index in [-0.39, 0.29) is 0 Å². The number of hydrogen-bond acceptors (Lipinski definition) is 2. The fraction of sp³-hybridized carbons (Fsp3) is 0. The third kappa shape index (κ3) is 0.494. The minimum absolute atomic E-state index is 2.70. The molecule has 0 aromatic carbocycles. The van der Waals surface area contributed by atoms with Crippen molar-refractivity contribution in [3.63, 3.8) is 0 Å². The summed E-state index contributed by atoms with van der Waals surface area (Å²) >= 11 is -3.75. The third-order valence-corrected chi connectivity index (χ3v) is 1.12.